The van der Waals surface area contributed by atoms with E-state index in [1.54, 1.807) is 0 Å². The molecule has 2 unspecified atom stereocenters. The molecule has 0 saturated heterocycles. The van der Waals surface area contributed by atoms with E-state index in [4.69, 9.17) is 18.0 Å². The van der Waals surface area contributed by atoms with Crippen LogP contribution >= 0.6 is 12.2 Å². The summed E-state index contributed by atoms with van der Waals surface area (Å²) in [7, 11) is 0. The van der Waals surface area contributed by atoms with Gasteiger partial charge in [-0.15, -0.1) is 0 Å². The Morgan fingerprint density at radius 2 is 2.00 bits per heavy atom. The minimum absolute atomic E-state index is 0.0597. The Morgan fingerprint density at radius 3 is 2.53 bits per heavy atom. The number of rotatable bonds is 7. The Bertz CT molecular complexity index is 419. The summed E-state index contributed by atoms with van der Waals surface area (Å²) in [5.74, 6) is -0.412. The van der Waals surface area contributed by atoms with E-state index in [1.165, 1.54) is 5.56 Å². The molecule has 2 atom stereocenters. The average Bonchev–Trinajstić information content (AvgIpc) is 2.38. The van der Waals surface area contributed by atoms with E-state index < -0.39 is 0 Å². The largest absolute Gasteiger partial charge is 0.393 e. The fraction of sp³-hybridized carbons (Fsp3) is 0.467. The van der Waals surface area contributed by atoms with Gasteiger partial charge in [0.05, 0.1) is 10.9 Å². The van der Waals surface area contributed by atoms with Crippen LogP contribution < -0.4 is 11.1 Å². The maximum absolute atomic E-state index is 12.0. The third kappa shape index (κ3) is 5.39. The third-order valence-corrected chi connectivity index (χ3v) is 3.45. The number of amides is 1. The topological polar surface area (TPSA) is 55.1 Å². The first kappa shape index (κ1) is 15.6. The predicted molar refractivity (Wildman–Crippen MR) is 82.9 cm³/mol. The molecule has 1 rings (SSSR count). The van der Waals surface area contributed by atoms with Crippen molar-refractivity contribution in [2.24, 2.45) is 11.7 Å². The van der Waals surface area contributed by atoms with Crippen molar-refractivity contribution in [2.75, 3.05) is 0 Å². The summed E-state index contributed by atoms with van der Waals surface area (Å²) in [5, 5.41) is 2.98. The Morgan fingerprint density at radius 1 is 1.37 bits per heavy atom. The standard InChI is InChI=1S/C15H22N2OS/c1-3-13(14(16)19)15(18)17-11(2)9-10-12-7-5-4-6-8-12/h4-8,11,13H,3,9-10H2,1-2H3,(H2,16,19)(H,17,18). The fourth-order valence-electron chi connectivity index (χ4n) is 1.96. The summed E-state index contributed by atoms with van der Waals surface area (Å²) >= 11 is 4.90. The maximum atomic E-state index is 12.0. The zero-order valence-corrected chi connectivity index (χ0v) is 12.4. The van der Waals surface area contributed by atoms with Crippen LogP contribution in [0.25, 0.3) is 0 Å². The second-order valence-electron chi connectivity index (χ2n) is 4.80. The first-order valence-electron chi connectivity index (χ1n) is 6.68. The van der Waals surface area contributed by atoms with Crippen molar-refractivity contribution in [3.8, 4) is 0 Å². The van der Waals surface area contributed by atoms with E-state index >= 15 is 0 Å². The average molecular weight is 278 g/mol. The Kier molecular flexibility index (Phi) is 6.50. The normalized spacial score (nSPS) is 13.6. The second kappa shape index (κ2) is 7.89. The van der Waals surface area contributed by atoms with Crippen molar-refractivity contribution in [1.29, 1.82) is 0 Å². The number of hydrogen-bond donors (Lipinski definition) is 2. The molecule has 1 aromatic rings. The number of benzene rings is 1. The summed E-state index contributed by atoms with van der Waals surface area (Å²) in [6, 6.07) is 10.4. The van der Waals surface area contributed by atoms with Crippen LogP contribution in [0.15, 0.2) is 30.3 Å². The number of thiocarbonyl (C=S) groups is 1. The van der Waals surface area contributed by atoms with E-state index in [9.17, 15) is 4.79 Å². The van der Waals surface area contributed by atoms with Gasteiger partial charge in [0.15, 0.2) is 0 Å². The van der Waals surface area contributed by atoms with Gasteiger partial charge in [-0.3, -0.25) is 4.79 Å². The molecule has 0 saturated carbocycles. The van der Waals surface area contributed by atoms with Gasteiger partial charge in [0, 0.05) is 6.04 Å². The molecule has 0 aliphatic carbocycles. The lowest BCUT2D eigenvalue weighted by molar-refractivity contribution is -0.123. The highest BCUT2D eigenvalue weighted by Crippen LogP contribution is 2.07. The summed E-state index contributed by atoms with van der Waals surface area (Å²) in [6.07, 6.45) is 2.50. The number of nitrogens with two attached hydrogens (primary N) is 1. The van der Waals surface area contributed by atoms with Crippen LogP contribution in [-0.4, -0.2) is 16.9 Å². The SMILES string of the molecule is CCC(C(=O)NC(C)CCc1ccccc1)C(N)=S. The molecule has 4 heteroatoms. The third-order valence-electron chi connectivity index (χ3n) is 3.17. The van der Waals surface area contributed by atoms with E-state index in [-0.39, 0.29) is 22.9 Å². The van der Waals surface area contributed by atoms with E-state index in [1.807, 2.05) is 32.0 Å². The molecule has 1 amide bonds. The van der Waals surface area contributed by atoms with Crippen LogP contribution in [0.5, 0.6) is 0 Å². The van der Waals surface area contributed by atoms with Gasteiger partial charge in [-0.25, -0.2) is 0 Å². The fourth-order valence-corrected chi connectivity index (χ4v) is 2.23. The molecule has 3 nitrogen and oxygen atoms in total. The van der Waals surface area contributed by atoms with Crippen molar-refractivity contribution in [3.05, 3.63) is 35.9 Å². The van der Waals surface area contributed by atoms with Crippen LogP contribution in [0.4, 0.5) is 0 Å². The van der Waals surface area contributed by atoms with E-state index in [2.05, 4.69) is 17.4 Å². The van der Waals surface area contributed by atoms with Crippen LogP contribution in [0.1, 0.15) is 32.3 Å². The van der Waals surface area contributed by atoms with Crippen molar-refractivity contribution < 1.29 is 4.79 Å². The molecule has 1 aromatic carbocycles. The number of hydrogen-bond acceptors (Lipinski definition) is 2. The maximum Gasteiger partial charge on any atom is 0.230 e. The molecule has 0 aliphatic rings. The van der Waals surface area contributed by atoms with E-state index in [0.717, 1.165) is 12.8 Å². The summed E-state index contributed by atoms with van der Waals surface area (Å²) < 4.78 is 0. The summed E-state index contributed by atoms with van der Waals surface area (Å²) in [5.41, 5.74) is 6.84. The molecule has 0 aromatic heterocycles. The van der Waals surface area contributed by atoms with Crippen LogP contribution in [0.3, 0.4) is 0 Å². The smallest absolute Gasteiger partial charge is 0.230 e. The number of carbonyl (C=O) groups excluding carboxylic acids is 1. The highest BCUT2D eigenvalue weighted by Gasteiger charge is 2.20. The van der Waals surface area contributed by atoms with Crippen LogP contribution in [-0.2, 0) is 11.2 Å². The molecular weight excluding hydrogens is 256 g/mol. The van der Waals surface area contributed by atoms with E-state index in [0.29, 0.717) is 6.42 Å². The Hall–Kier alpha value is -1.42. The molecule has 0 spiro atoms. The van der Waals surface area contributed by atoms with Gasteiger partial charge < -0.3 is 11.1 Å². The number of nitrogens with one attached hydrogen (secondary N) is 1. The van der Waals surface area contributed by atoms with Crippen molar-refractivity contribution in [1.82, 2.24) is 5.32 Å². The lowest BCUT2D eigenvalue weighted by Crippen LogP contribution is -2.41. The minimum Gasteiger partial charge on any atom is -0.393 e. The first-order chi connectivity index (χ1) is 9.04. The first-order valence-corrected chi connectivity index (χ1v) is 7.09. The molecule has 3 N–H and O–H groups in total. The van der Waals surface area contributed by atoms with Gasteiger partial charge in [-0.2, -0.15) is 0 Å². The van der Waals surface area contributed by atoms with Gasteiger partial charge in [-0.05, 0) is 31.7 Å². The molecule has 19 heavy (non-hydrogen) atoms. The van der Waals surface area contributed by atoms with Crippen molar-refractivity contribution in [3.63, 3.8) is 0 Å². The summed E-state index contributed by atoms with van der Waals surface area (Å²) in [4.78, 5) is 12.2. The lowest BCUT2D eigenvalue weighted by atomic mass is 10.0. The second-order valence-corrected chi connectivity index (χ2v) is 5.27. The quantitative estimate of drug-likeness (QED) is 0.753. The number of aryl methyl sites for hydroxylation is 1. The molecule has 0 heterocycles. The van der Waals surface area contributed by atoms with Crippen molar-refractivity contribution >= 4 is 23.1 Å². The zero-order chi connectivity index (χ0) is 14.3. The molecule has 0 aliphatic heterocycles. The molecule has 0 radical (unpaired) electrons. The van der Waals surface area contributed by atoms with Crippen LogP contribution in [0.2, 0.25) is 0 Å². The zero-order valence-electron chi connectivity index (χ0n) is 11.6. The highest BCUT2D eigenvalue weighted by molar-refractivity contribution is 7.80. The monoisotopic (exact) mass is 278 g/mol. The Labute approximate surface area is 120 Å². The molecule has 104 valence electrons. The minimum atomic E-state index is -0.353. The number of carbonyl (C=O) groups is 1. The van der Waals surface area contributed by atoms with Gasteiger partial charge in [0.1, 0.15) is 0 Å². The van der Waals surface area contributed by atoms with Crippen LogP contribution in [0, 0.1) is 5.92 Å². The molecule has 0 bridgehead atoms. The van der Waals surface area contributed by atoms with Gasteiger partial charge >= 0.3 is 0 Å². The lowest BCUT2D eigenvalue weighted by Gasteiger charge is -2.18. The Balaban J connectivity index is 2.40. The van der Waals surface area contributed by atoms with Gasteiger partial charge in [0.25, 0.3) is 0 Å². The summed E-state index contributed by atoms with van der Waals surface area (Å²) in [6.45, 7) is 3.92. The van der Waals surface area contributed by atoms with Gasteiger partial charge in [-0.1, -0.05) is 49.5 Å². The highest BCUT2D eigenvalue weighted by atomic mass is 32.1. The van der Waals surface area contributed by atoms with Crippen molar-refractivity contribution in [2.45, 2.75) is 39.2 Å². The molecule has 0 fully saturated rings. The van der Waals surface area contributed by atoms with Gasteiger partial charge in [0.2, 0.25) is 5.91 Å². The molecular formula is C15H22N2OS. The predicted octanol–water partition coefficient (Wildman–Crippen LogP) is 2.44.